The molecular weight excluding hydrogens is 302 g/mol. The smallest absolute Gasteiger partial charge is 0.319 e. The average Bonchev–Trinajstić information content (AvgIpc) is 3.16. The molecule has 3 rings (SSSR count). The lowest BCUT2D eigenvalue weighted by atomic mass is 10.1. The molecule has 0 saturated heterocycles. The van der Waals surface area contributed by atoms with E-state index in [1.54, 1.807) is 24.5 Å². The van der Waals surface area contributed by atoms with E-state index in [-0.39, 0.29) is 16.6 Å². The summed E-state index contributed by atoms with van der Waals surface area (Å²) in [6, 6.07) is 3.19. The molecule has 2 aromatic heterocycles. The first-order valence-corrected chi connectivity index (χ1v) is 7.59. The number of halogens is 1. The highest BCUT2D eigenvalue weighted by atomic mass is 35.5. The molecule has 1 fully saturated rings. The summed E-state index contributed by atoms with van der Waals surface area (Å²) >= 11 is 5.92. The molecule has 2 heterocycles. The fourth-order valence-corrected chi connectivity index (χ4v) is 2.58. The Labute approximate surface area is 133 Å². The Hall–Kier alpha value is -2.08. The van der Waals surface area contributed by atoms with Gasteiger partial charge in [-0.15, -0.1) is 0 Å². The molecule has 116 valence electrons. The number of carbonyl (C=O) groups excluding carboxylic acids is 1. The first-order chi connectivity index (χ1) is 10.6. The summed E-state index contributed by atoms with van der Waals surface area (Å²) in [5, 5.41) is 5.93. The molecule has 22 heavy (non-hydrogen) atoms. The zero-order valence-corrected chi connectivity index (χ0v) is 13.1. The third kappa shape index (κ3) is 3.39. The minimum Gasteiger partial charge on any atom is -0.337 e. The van der Waals surface area contributed by atoms with Crippen LogP contribution < -0.4 is 10.6 Å². The Bertz CT molecular complexity index is 680. The van der Waals surface area contributed by atoms with E-state index in [4.69, 9.17) is 11.6 Å². The lowest BCUT2D eigenvalue weighted by Crippen LogP contribution is -2.35. The molecule has 0 unspecified atom stereocenters. The van der Waals surface area contributed by atoms with E-state index in [0.717, 1.165) is 25.2 Å². The van der Waals surface area contributed by atoms with Crippen LogP contribution in [0.4, 0.5) is 10.5 Å². The molecule has 2 amide bonds. The Morgan fingerprint density at radius 2 is 2.23 bits per heavy atom. The summed E-state index contributed by atoms with van der Waals surface area (Å²) < 4.78 is 2.13. The fraction of sp³-hybridized carbons (Fsp3) is 0.400. The zero-order valence-electron chi connectivity index (χ0n) is 12.3. The predicted octanol–water partition coefficient (Wildman–Crippen LogP) is 2.84. The van der Waals surface area contributed by atoms with Crippen LogP contribution >= 0.6 is 11.6 Å². The highest BCUT2D eigenvalue weighted by Gasteiger charge is 2.43. The number of carbonyl (C=O) groups is 1. The second kappa shape index (κ2) is 5.96. The van der Waals surface area contributed by atoms with E-state index in [0.29, 0.717) is 12.2 Å². The van der Waals surface area contributed by atoms with Gasteiger partial charge in [-0.25, -0.2) is 14.8 Å². The maximum atomic E-state index is 12.0. The van der Waals surface area contributed by atoms with Crippen molar-refractivity contribution in [1.82, 2.24) is 19.9 Å². The van der Waals surface area contributed by atoms with E-state index in [9.17, 15) is 4.79 Å². The van der Waals surface area contributed by atoms with Gasteiger partial charge in [0.1, 0.15) is 5.82 Å². The Kier molecular flexibility index (Phi) is 4.02. The lowest BCUT2D eigenvalue weighted by molar-refractivity contribution is 0.248. The van der Waals surface area contributed by atoms with Gasteiger partial charge in [-0.05, 0) is 31.9 Å². The molecule has 2 N–H and O–H groups in total. The molecular formula is C15H18ClN5O. The van der Waals surface area contributed by atoms with Crippen LogP contribution in [0.3, 0.4) is 0 Å². The molecule has 0 aromatic carbocycles. The molecule has 0 aliphatic heterocycles. The Balaban J connectivity index is 1.53. The number of aromatic nitrogens is 3. The number of rotatable bonds is 5. The van der Waals surface area contributed by atoms with Crippen molar-refractivity contribution in [1.29, 1.82) is 0 Å². The number of pyridine rings is 1. The minimum atomic E-state index is -0.261. The van der Waals surface area contributed by atoms with E-state index < -0.39 is 0 Å². The number of amides is 2. The van der Waals surface area contributed by atoms with E-state index in [1.165, 1.54) is 0 Å². The highest BCUT2D eigenvalue weighted by molar-refractivity contribution is 6.32. The van der Waals surface area contributed by atoms with Gasteiger partial charge in [0.05, 0.1) is 5.69 Å². The molecule has 1 aliphatic carbocycles. The van der Waals surface area contributed by atoms with Crippen LogP contribution in [0.25, 0.3) is 0 Å². The van der Waals surface area contributed by atoms with Crippen molar-refractivity contribution >= 4 is 23.3 Å². The normalized spacial score (nSPS) is 15.4. The number of urea groups is 1. The van der Waals surface area contributed by atoms with Crippen LogP contribution in [0.2, 0.25) is 5.15 Å². The van der Waals surface area contributed by atoms with E-state index in [1.807, 2.05) is 13.1 Å². The maximum Gasteiger partial charge on any atom is 0.319 e. The molecule has 0 atom stereocenters. The zero-order chi connectivity index (χ0) is 15.6. The van der Waals surface area contributed by atoms with Crippen LogP contribution in [0.15, 0.2) is 30.7 Å². The summed E-state index contributed by atoms with van der Waals surface area (Å²) in [5.41, 5.74) is 0.651. The van der Waals surface area contributed by atoms with Gasteiger partial charge < -0.3 is 15.2 Å². The maximum absolute atomic E-state index is 12.0. The number of hydrogen-bond acceptors (Lipinski definition) is 3. The lowest BCUT2D eigenvalue weighted by Gasteiger charge is -2.18. The molecule has 6 nitrogen and oxygen atoms in total. The molecule has 2 aromatic rings. The van der Waals surface area contributed by atoms with Gasteiger partial charge in [0.15, 0.2) is 5.15 Å². The topological polar surface area (TPSA) is 71.8 Å². The molecule has 0 bridgehead atoms. The largest absolute Gasteiger partial charge is 0.337 e. The van der Waals surface area contributed by atoms with Gasteiger partial charge in [0.2, 0.25) is 0 Å². The van der Waals surface area contributed by atoms with Crippen molar-refractivity contribution < 1.29 is 4.79 Å². The van der Waals surface area contributed by atoms with Gasteiger partial charge in [0, 0.05) is 37.1 Å². The van der Waals surface area contributed by atoms with Crippen molar-refractivity contribution in [2.75, 3.05) is 11.9 Å². The van der Waals surface area contributed by atoms with Crippen LogP contribution in [0.1, 0.15) is 18.7 Å². The molecule has 0 spiro atoms. The van der Waals surface area contributed by atoms with Crippen molar-refractivity contribution in [2.45, 2.75) is 26.3 Å². The van der Waals surface area contributed by atoms with Gasteiger partial charge in [-0.3, -0.25) is 0 Å². The SMILES string of the molecule is Cc1nccn1CC1(CNC(=O)Nc2cccnc2Cl)CC1. The van der Waals surface area contributed by atoms with Crippen molar-refractivity contribution in [3.05, 3.63) is 41.7 Å². The van der Waals surface area contributed by atoms with Crippen molar-refractivity contribution in [3.8, 4) is 0 Å². The van der Waals surface area contributed by atoms with Crippen LogP contribution in [-0.4, -0.2) is 27.1 Å². The molecule has 0 radical (unpaired) electrons. The standard InChI is InChI=1S/C15H18ClN5O/c1-11-17-7-8-21(11)10-15(4-5-15)9-19-14(22)20-12-3-2-6-18-13(12)16/h2-3,6-8H,4-5,9-10H2,1H3,(H2,19,20,22). The Morgan fingerprint density at radius 1 is 1.41 bits per heavy atom. The third-order valence-corrected chi connectivity index (χ3v) is 4.32. The van der Waals surface area contributed by atoms with Gasteiger partial charge >= 0.3 is 6.03 Å². The number of nitrogens with one attached hydrogen (secondary N) is 2. The third-order valence-electron chi connectivity index (χ3n) is 4.02. The fourth-order valence-electron chi connectivity index (χ4n) is 2.41. The van der Waals surface area contributed by atoms with Crippen molar-refractivity contribution in [2.24, 2.45) is 5.41 Å². The van der Waals surface area contributed by atoms with Gasteiger partial charge in [0.25, 0.3) is 0 Å². The van der Waals surface area contributed by atoms with Crippen LogP contribution in [0, 0.1) is 12.3 Å². The number of hydrogen-bond donors (Lipinski definition) is 2. The number of imidazole rings is 1. The summed E-state index contributed by atoms with van der Waals surface area (Å²) in [5.74, 6) is 0.998. The second-order valence-electron chi connectivity index (χ2n) is 5.75. The Morgan fingerprint density at radius 3 is 2.86 bits per heavy atom. The average molecular weight is 320 g/mol. The van der Waals surface area contributed by atoms with Crippen molar-refractivity contribution in [3.63, 3.8) is 0 Å². The first kappa shape index (κ1) is 14.8. The van der Waals surface area contributed by atoms with E-state index in [2.05, 4.69) is 25.2 Å². The molecule has 1 saturated carbocycles. The summed E-state index contributed by atoms with van der Waals surface area (Å²) in [4.78, 5) is 20.1. The summed E-state index contributed by atoms with van der Waals surface area (Å²) in [6.45, 7) is 3.50. The summed E-state index contributed by atoms with van der Waals surface area (Å²) in [6.07, 6.45) is 7.58. The minimum absolute atomic E-state index is 0.140. The van der Waals surface area contributed by atoms with Gasteiger partial charge in [-0.1, -0.05) is 11.6 Å². The molecule has 7 heteroatoms. The van der Waals surface area contributed by atoms with Crippen LogP contribution in [-0.2, 0) is 6.54 Å². The number of aryl methyl sites for hydroxylation is 1. The first-order valence-electron chi connectivity index (χ1n) is 7.21. The predicted molar refractivity (Wildman–Crippen MR) is 84.9 cm³/mol. The summed E-state index contributed by atoms with van der Waals surface area (Å²) in [7, 11) is 0. The highest BCUT2D eigenvalue weighted by Crippen LogP contribution is 2.46. The van der Waals surface area contributed by atoms with E-state index >= 15 is 0 Å². The second-order valence-corrected chi connectivity index (χ2v) is 6.11. The molecule has 1 aliphatic rings. The van der Waals surface area contributed by atoms with Gasteiger partial charge in [-0.2, -0.15) is 0 Å². The monoisotopic (exact) mass is 319 g/mol. The van der Waals surface area contributed by atoms with Crippen LogP contribution in [0.5, 0.6) is 0 Å². The quantitative estimate of drug-likeness (QED) is 0.832. The number of anilines is 1. The number of nitrogens with zero attached hydrogens (tertiary/aromatic N) is 3.